The van der Waals surface area contributed by atoms with Crippen LogP contribution < -0.4 is 11.1 Å². The lowest BCUT2D eigenvalue weighted by atomic mass is 9.94. The number of thiophene rings is 1. The summed E-state index contributed by atoms with van der Waals surface area (Å²) in [4.78, 5) is 12.6. The van der Waals surface area contributed by atoms with Crippen LogP contribution in [0.2, 0.25) is 0 Å². The lowest BCUT2D eigenvalue weighted by Crippen LogP contribution is -2.31. The number of nitrogens with two attached hydrogens (primary N) is 1. The van der Waals surface area contributed by atoms with E-state index in [9.17, 15) is 4.79 Å². The molecule has 1 aromatic rings. The smallest absolute Gasteiger partial charge is 0.262 e. The first-order valence-corrected chi connectivity index (χ1v) is 8.72. The van der Waals surface area contributed by atoms with Crippen molar-refractivity contribution < 1.29 is 9.53 Å². The van der Waals surface area contributed by atoms with Gasteiger partial charge in [-0.1, -0.05) is 0 Å². The van der Waals surface area contributed by atoms with Crippen molar-refractivity contribution in [3.05, 3.63) is 20.8 Å². The summed E-state index contributed by atoms with van der Waals surface area (Å²) < 4.78 is 6.67. The second kappa shape index (κ2) is 8.12. The van der Waals surface area contributed by atoms with Crippen molar-refractivity contribution in [2.24, 2.45) is 5.73 Å². The predicted octanol–water partition coefficient (Wildman–Crippen LogP) is 2.92. The molecular formula is C14H21BrN2O2S. The summed E-state index contributed by atoms with van der Waals surface area (Å²) in [6.45, 7) is 1.35. The van der Waals surface area contributed by atoms with Gasteiger partial charge in [-0.25, -0.2) is 0 Å². The SMILES string of the molecule is NC1CCC(OCCCNC(=O)c2sccc2Br)CC1. The van der Waals surface area contributed by atoms with Crippen molar-refractivity contribution in [2.75, 3.05) is 13.2 Å². The van der Waals surface area contributed by atoms with Gasteiger partial charge >= 0.3 is 0 Å². The molecule has 20 heavy (non-hydrogen) atoms. The molecule has 1 aliphatic carbocycles. The van der Waals surface area contributed by atoms with Gasteiger partial charge in [0, 0.05) is 23.7 Å². The molecule has 0 atom stereocenters. The highest BCUT2D eigenvalue weighted by Crippen LogP contribution is 2.22. The maximum absolute atomic E-state index is 11.8. The van der Waals surface area contributed by atoms with Gasteiger partial charge in [-0.3, -0.25) is 4.79 Å². The van der Waals surface area contributed by atoms with E-state index in [1.54, 1.807) is 0 Å². The molecule has 1 amide bonds. The highest BCUT2D eigenvalue weighted by Gasteiger charge is 2.18. The van der Waals surface area contributed by atoms with Crippen LogP contribution >= 0.6 is 27.3 Å². The van der Waals surface area contributed by atoms with Gasteiger partial charge in [0.05, 0.1) is 6.10 Å². The number of hydrogen-bond donors (Lipinski definition) is 2. The van der Waals surface area contributed by atoms with E-state index >= 15 is 0 Å². The van der Waals surface area contributed by atoms with E-state index in [4.69, 9.17) is 10.5 Å². The normalized spacial score (nSPS) is 22.7. The average molecular weight is 361 g/mol. The van der Waals surface area contributed by atoms with Crippen molar-refractivity contribution in [2.45, 2.75) is 44.2 Å². The molecule has 0 unspecified atom stereocenters. The van der Waals surface area contributed by atoms with Gasteiger partial charge in [-0.05, 0) is 59.5 Å². The van der Waals surface area contributed by atoms with E-state index in [1.165, 1.54) is 11.3 Å². The zero-order valence-electron chi connectivity index (χ0n) is 11.4. The zero-order valence-corrected chi connectivity index (χ0v) is 13.8. The van der Waals surface area contributed by atoms with Crippen LogP contribution in [0.25, 0.3) is 0 Å². The van der Waals surface area contributed by atoms with Crippen molar-refractivity contribution in [1.29, 1.82) is 0 Å². The summed E-state index contributed by atoms with van der Waals surface area (Å²) in [6, 6.07) is 2.25. The number of rotatable bonds is 6. The Morgan fingerprint density at radius 3 is 2.85 bits per heavy atom. The van der Waals surface area contributed by atoms with Crippen molar-refractivity contribution >= 4 is 33.2 Å². The molecule has 6 heteroatoms. The maximum atomic E-state index is 11.8. The average Bonchev–Trinajstić information content (AvgIpc) is 2.86. The number of halogens is 1. The second-order valence-corrected chi connectivity index (χ2v) is 6.89. The third kappa shape index (κ3) is 4.84. The molecule has 0 aromatic carbocycles. The molecule has 112 valence electrons. The molecule has 3 N–H and O–H groups in total. The van der Waals surface area contributed by atoms with E-state index in [2.05, 4.69) is 21.2 Å². The monoisotopic (exact) mass is 360 g/mol. The highest BCUT2D eigenvalue weighted by atomic mass is 79.9. The van der Waals surface area contributed by atoms with Crippen molar-refractivity contribution in [3.63, 3.8) is 0 Å². The number of hydrogen-bond acceptors (Lipinski definition) is 4. The summed E-state index contributed by atoms with van der Waals surface area (Å²) in [7, 11) is 0. The van der Waals surface area contributed by atoms with Crippen LogP contribution in [-0.4, -0.2) is 31.2 Å². The third-order valence-electron chi connectivity index (χ3n) is 3.50. The Morgan fingerprint density at radius 1 is 1.45 bits per heavy atom. The minimum atomic E-state index is -0.0180. The molecule has 1 heterocycles. The zero-order chi connectivity index (χ0) is 14.4. The number of amides is 1. The van der Waals surface area contributed by atoms with Gasteiger partial charge in [0.15, 0.2) is 0 Å². The number of nitrogens with one attached hydrogen (secondary N) is 1. The molecule has 1 saturated carbocycles. The lowest BCUT2D eigenvalue weighted by Gasteiger charge is -2.26. The minimum absolute atomic E-state index is 0.0180. The van der Waals surface area contributed by atoms with Crippen molar-refractivity contribution in [3.8, 4) is 0 Å². The lowest BCUT2D eigenvalue weighted by molar-refractivity contribution is 0.0241. The largest absolute Gasteiger partial charge is 0.378 e. The molecule has 0 saturated heterocycles. The fraction of sp³-hybridized carbons (Fsp3) is 0.643. The Balaban J connectivity index is 1.56. The molecule has 0 spiro atoms. The molecule has 1 aromatic heterocycles. The standard InChI is InChI=1S/C14H21BrN2O2S/c15-12-6-9-20-13(12)14(18)17-7-1-8-19-11-4-2-10(16)3-5-11/h6,9-11H,1-5,7-8,16H2,(H,17,18). The first-order valence-electron chi connectivity index (χ1n) is 7.05. The summed E-state index contributed by atoms with van der Waals surface area (Å²) in [5.74, 6) is -0.0180. The van der Waals surface area contributed by atoms with Gasteiger partial charge in [-0.2, -0.15) is 0 Å². The molecule has 2 rings (SSSR count). The van der Waals surface area contributed by atoms with Gasteiger partial charge in [0.1, 0.15) is 4.88 Å². The molecule has 4 nitrogen and oxygen atoms in total. The molecule has 1 fully saturated rings. The van der Waals surface area contributed by atoms with Crippen LogP contribution in [0.3, 0.4) is 0 Å². The Labute approximate surface area is 132 Å². The van der Waals surface area contributed by atoms with Gasteiger partial charge in [0.25, 0.3) is 5.91 Å². The van der Waals surface area contributed by atoms with Crippen LogP contribution in [0, 0.1) is 0 Å². The third-order valence-corrected chi connectivity index (χ3v) is 5.34. The minimum Gasteiger partial charge on any atom is -0.378 e. The molecule has 0 bridgehead atoms. The molecule has 1 aliphatic rings. The molecule has 0 radical (unpaired) electrons. The Morgan fingerprint density at radius 2 is 2.20 bits per heavy atom. The van der Waals surface area contributed by atoms with Crippen molar-refractivity contribution in [1.82, 2.24) is 5.32 Å². The first-order chi connectivity index (χ1) is 9.66. The predicted molar refractivity (Wildman–Crippen MR) is 85.2 cm³/mol. The first kappa shape index (κ1) is 15.9. The Hall–Kier alpha value is -0.430. The molecular weight excluding hydrogens is 340 g/mol. The fourth-order valence-electron chi connectivity index (χ4n) is 2.32. The summed E-state index contributed by atoms with van der Waals surface area (Å²) in [5.41, 5.74) is 5.86. The summed E-state index contributed by atoms with van der Waals surface area (Å²) in [6.07, 6.45) is 5.46. The summed E-state index contributed by atoms with van der Waals surface area (Å²) >= 11 is 4.80. The van der Waals surface area contributed by atoms with E-state index in [0.717, 1.165) is 41.5 Å². The van der Waals surface area contributed by atoms with Gasteiger partial charge in [-0.15, -0.1) is 11.3 Å². The maximum Gasteiger partial charge on any atom is 0.262 e. The van der Waals surface area contributed by atoms with Crippen LogP contribution in [0.5, 0.6) is 0 Å². The van der Waals surface area contributed by atoms with Gasteiger partial charge < -0.3 is 15.8 Å². The number of carbonyl (C=O) groups excluding carboxylic acids is 1. The van der Waals surface area contributed by atoms with Crippen LogP contribution in [-0.2, 0) is 4.74 Å². The van der Waals surface area contributed by atoms with E-state index in [-0.39, 0.29) is 5.91 Å². The van der Waals surface area contributed by atoms with E-state index in [1.807, 2.05) is 11.4 Å². The van der Waals surface area contributed by atoms with E-state index in [0.29, 0.717) is 25.3 Å². The van der Waals surface area contributed by atoms with Crippen LogP contribution in [0.4, 0.5) is 0 Å². The van der Waals surface area contributed by atoms with Crippen LogP contribution in [0.15, 0.2) is 15.9 Å². The van der Waals surface area contributed by atoms with Crippen LogP contribution in [0.1, 0.15) is 41.8 Å². The Kier molecular flexibility index (Phi) is 6.48. The highest BCUT2D eigenvalue weighted by molar-refractivity contribution is 9.10. The van der Waals surface area contributed by atoms with Gasteiger partial charge in [0.2, 0.25) is 0 Å². The fourth-order valence-corrected chi connectivity index (χ4v) is 3.78. The topological polar surface area (TPSA) is 64.3 Å². The quantitative estimate of drug-likeness (QED) is 0.766. The number of ether oxygens (including phenoxy) is 1. The Bertz CT molecular complexity index is 431. The summed E-state index contributed by atoms with van der Waals surface area (Å²) in [5, 5.41) is 4.81. The second-order valence-electron chi connectivity index (χ2n) is 5.11. The van der Waals surface area contributed by atoms with E-state index < -0.39 is 0 Å². The number of carbonyl (C=O) groups is 1. The molecule has 0 aliphatic heterocycles.